The number of halogens is 2. The Morgan fingerprint density at radius 1 is 1.44 bits per heavy atom. The van der Waals surface area contributed by atoms with Crippen LogP contribution in [0.4, 0.5) is 8.78 Å². The molecular formula is C10H19F2NO3. The van der Waals surface area contributed by atoms with E-state index < -0.39 is 19.1 Å². The van der Waals surface area contributed by atoms with E-state index in [4.69, 9.17) is 9.47 Å². The van der Waals surface area contributed by atoms with Crippen molar-refractivity contribution in [3.63, 3.8) is 0 Å². The molecule has 2 N–H and O–H groups in total. The Balaban J connectivity index is 1.91. The number of aliphatic hydroxyl groups excluding tert-OH is 1. The Labute approximate surface area is 93.9 Å². The molecule has 0 radical (unpaired) electrons. The van der Waals surface area contributed by atoms with Gasteiger partial charge >= 0.3 is 0 Å². The van der Waals surface area contributed by atoms with Crippen molar-refractivity contribution in [2.24, 2.45) is 0 Å². The number of ether oxygens (including phenoxy) is 2. The second-order valence-corrected chi connectivity index (χ2v) is 3.88. The monoisotopic (exact) mass is 239 g/mol. The summed E-state index contributed by atoms with van der Waals surface area (Å²) >= 11 is 0. The maximum absolute atomic E-state index is 11.7. The number of rotatable bonds is 8. The number of nitrogens with one attached hydrogen (secondary N) is 1. The fraction of sp³-hybridized carbons (Fsp3) is 1.00. The zero-order valence-corrected chi connectivity index (χ0v) is 9.20. The van der Waals surface area contributed by atoms with E-state index in [1.807, 2.05) is 0 Å². The molecule has 0 aromatic heterocycles. The van der Waals surface area contributed by atoms with Crippen LogP contribution in [0.25, 0.3) is 0 Å². The minimum absolute atomic E-state index is 0.121. The number of aliphatic hydroxyl groups is 1. The van der Waals surface area contributed by atoms with Crippen molar-refractivity contribution in [3.8, 4) is 0 Å². The van der Waals surface area contributed by atoms with Crippen molar-refractivity contribution in [2.75, 3.05) is 32.9 Å². The molecule has 1 aliphatic rings. The molecule has 4 nitrogen and oxygen atoms in total. The van der Waals surface area contributed by atoms with E-state index >= 15 is 0 Å². The van der Waals surface area contributed by atoms with Crippen LogP contribution in [-0.2, 0) is 9.47 Å². The molecule has 0 bridgehead atoms. The van der Waals surface area contributed by atoms with E-state index in [9.17, 15) is 13.9 Å². The van der Waals surface area contributed by atoms with Crippen LogP contribution in [0.3, 0.4) is 0 Å². The van der Waals surface area contributed by atoms with Gasteiger partial charge in [0.1, 0.15) is 0 Å². The second kappa shape index (κ2) is 7.89. The highest BCUT2D eigenvalue weighted by molar-refractivity contribution is 4.65. The van der Waals surface area contributed by atoms with Crippen molar-refractivity contribution < 1.29 is 23.4 Å². The molecule has 2 atom stereocenters. The Hall–Kier alpha value is -0.300. The van der Waals surface area contributed by atoms with Gasteiger partial charge in [-0.2, -0.15) is 0 Å². The maximum Gasteiger partial charge on any atom is 0.250 e. The summed E-state index contributed by atoms with van der Waals surface area (Å²) in [4.78, 5) is 0. The molecule has 0 aromatic carbocycles. The third-order valence-electron chi connectivity index (χ3n) is 2.32. The molecule has 16 heavy (non-hydrogen) atoms. The highest BCUT2D eigenvalue weighted by Gasteiger charge is 2.16. The molecule has 0 aromatic rings. The first-order valence-corrected chi connectivity index (χ1v) is 5.54. The number of hydrogen-bond acceptors (Lipinski definition) is 4. The van der Waals surface area contributed by atoms with Gasteiger partial charge in [0.15, 0.2) is 0 Å². The van der Waals surface area contributed by atoms with Crippen molar-refractivity contribution in [1.29, 1.82) is 0 Å². The van der Waals surface area contributed by atoms with E-state index in [0.717, 1.165) is 19.4 Å². The summed E-state index contributed by atoms with van der Waals surface area (Å²) in [6, 6.07) is 0. The summed E-state index contributed by atoms with van der Waals surface area (Å²) in [7, 11) is 0. The van der Waals surface area contributed by atoms with E-state index in [2.05, 4.69) is 5.32 Å². The first-order valence-electron chi connectivity index (χ1n) is 5.54. The van der Waals surface area contributed by atoms with Gasteiger partial charge in [-0.05, 0) is 12.8 Å². The molecule has 6 heteroatoms. The summed E-state index contributed by atoms with van der Waals surface area (Å²) < 4.78 is 34.1. The van der Waals surface area contributed by atoms with Crippen molar-refractivity contribution >= 4 is 0 Å². The van der Waals surface area contributed by atoms with E-state index in [1.54, 1.807) is 0 Å². The third-order valence-corrected chi connectivity index (χ3v) is 2.32. The smallest absolute Gasteiger partial charge is 0.250 e. The quantitative estimate of drug-likeness (QED) is 0.643. The normalized spacial score (nSPS) is 22.9. The van der Waals surface area contributed by atoms with E-state index in [0.29, 0.717) is 6.61 Å². The van der Waals surface area contributed by atoms with Crippen LogP contribution in [0, 0.1) is 0 Å². The molecule has 0 amide bonds. The molecule has 1 heterocycles. The molecule has 1 aliphatic heterocycles. The number of hydrogen-bond donors (Lipinski definition) is 2. The van der Waals surface area contributed by atoms with Gasteiger partial charge in [0.2, 0.25) is 0 Å². The summed E-state index contributed by atoms with van der Waals surface area (Å²) in [5.41, 5.74) is 0. The molecule has 1 fully saturated rings. The van der Waals surface area contributed by atoms with Crippen molar-refractivity contribution in [3.05, 3.63) is 0 Å². The van der Waals surface area contributed by atoms with Crippen LogP contribution in [0.5, 0.6) is 0 Å². The van der Waals surface area contributed by atoms with Crippen LogP contribution >= 0.6 is 0 Å². The zero-order valence-electron chi connectivity index (χ0n) is 9.20. The predicted molar refractivity (Wildman–Crippen MR) is 54.7 cm³/mol. The molecule has 0 saturated carbocycles. The first kappa shape index (κ1) is 13.8. The zero-order chi connectivity index (χ0) is 11.8. The van der Waals surface area contributed by atoms with Gasteiger partial charge in [-0.25, -0.2) is 8.78 Å². The summed E-state index contributed by atoms with van der Waals surface area (Å²) in [5.74, 6) is 0. The minimum Gasteiger partial charge on any atom is -0.389 e. The van der Waals surface area contributed by atoms with Crippen LogP contribution in [0.1, 0.15) is 12.8 Å². The van der Waals surface area contributed by atoms with E-state index in [1.165, 1.54) is 0 Å². The number of alkyl halides is 2. The average Bonchev–Trinajstić information content (AvgIpc) is 2.70. The fourth-order valence-corrected chi connectivity index (χ4v) is 1.53. The van der Waals surface area contributed by atoms with Gasteiger partial charge in [-0.3, -0.25) is 0 Å². The Morgan fingerprint density at radius 2 is 2.25 bits per heavy atom. The van der Waals surface area contributed by atoms with Crippen LogP contribution in [0.2, 0.25) is 0 Å². The molecule has 0 aliphatic carbocycles. The Morgan fingerprint density at radius 3 is 2.88 bits per heavy atom. The maximum atomic E-state index is 11.7. The minimum atomic E-state index is -2.39. The van der Waals surface area contributed by atoms with Crippen LogP contribution in [0.15, 0.2) is 0 Å². The highest BCUT2D eigenvalue weighted by atomic mass is 19.3. The summed E-state index contributed by atoms with van der Waals surface area (Å²) in [6.07, 6.45) is -0.979. The van der Waals surface area contributed by atoms with Crippen molar-refractivity contribution in [2.45, 2.75) is 31.5 Å². The molecule has 2 unspecified atom stereocenters. The van der Waals surface area contributed by atoms with Gasteiger partial charge in [0.05, 0.1) is 32.0 Å². The third kappa shape index (κ3) is 6.32. The standard InChI is InChI=1S/C10H19F2NO3/c11-10(12)5-13-4-8(14)6-15-7-9-2-1-3-16-9/h8-10,13-14H,1-7H2. The van der Waals surface area contributed by atoms with Gasteiger partial charge < -0.3 is 19.9 Å². The SMILES string of the molecule is OC(CNCC(F)F)COCC1CCCO1. The Kier molecular flexibility index (Phi) is 6.79. The van der Waals surface area contributed by atoms with Gasteiger partial charge in [0.25, 0.3) is 6.43 Å². The highest BCUT2D eigenvalue weighted by Crippen LogP contribution is 2.11. The van der Waals surface area contributed by atoms with Gasteiger partial charge in [-0.15, -0.1) is 0 Å². The largest absolute Gasteiger partial charge is 0.389 e. The van der Waals surface area contributed by atoms with Crippen LogP contribution in [-0.4, -0.2) is 56.7 Å². The van der Waals surface area contributed by atoms with Gasteiger partial charge in [-0.1, -0.05) is 0 Å². The summed E-state index contributed by atoms with van der Waals surface area (Å²) in [5, 5.41) is 11.8. The fourth-order valence-electron chi connectivity index (χ4n) is 1.53. The molecule has 0 spiro atoms. The lowest BCUT2D eigenvalue weighted by Crippen LogP contribution is -2.33. The molecule has 1 saturated heterocycles. The van der Waals surface area contributed by atoms with Crippen molar-refractivity contribution in [1.82, 2.24) is 5.32 Å². The average molecular weight is 239 g/mol. The second-order valence-electron chi connectivity index (χ2n) is 3.88. The van der Waals surface area contributed by atoms with Crippen LogP contribution < -0.4 is 5.32 Å². The Bertz CT molecular complexity index is 177. The lowest BCUT2D eigenvalue weighted by Gasteiger charge is -2.14. The summed E-state index contributed by atoms with van der Waals surface area (Å²) in [6.45, 7) is 1.10. The first-order chi connectivity index (χ1) is 7.68. The molecule has 96 valence electrons. The lowest BCUT2D eigenvalue weighted by molar-refractivity contribution is -0.0170. The predicted octanol–water partition coefficient (Wildman–Crippen LogP) is 0.398. The molecule has 1 rings (SSSR count). The molecular weight excluding hydrogens is 220 g/mol. The topological polar surface area (TPSA) is 50.7 Å². The lowest BCUT2D eigenvalue weighted by atomic mass is 10.2. The van der Waals surface area contributed by atoms with E-state index in [-0.39, 0.29) is 19.3 Å². The van der Waals surface area contributed by atoms with Gasteiger partial charge in [0, 0.05) is 13.2 Å².